The molecular weight excluding hydrogens is 293 g/mol. The minimum atomic E-state index is -0.969. The molecule has 0 aliphatic heterocycles. The number of aliphatic carboxylic acids is 1. The fourth-order valence-corrected chi connectivity index (χ4v) is 1.71. The molecule has 3 amide bonds. The number of nitrogens with one attached hydrogen (secondary N) is 2. The van der Waals surface area contributed by atoms with E-state index < -0.39 is 29.3 Å². The second kappa shape index (κ2) is 6.88. The Morgan fingerprint density at radius 1 is 1.32 bits per heavy atom. The van der Waals surface area contributed by atoms with E-state index in [-0.39, 0.29) is 24.1 Å². The lowest BCUT2D eigenvalue weighted by Gasteiger charge is -2.25. The summed E-state index contributed by atoms with van der Waals surface area (Å²) in [5.41, 5.74) is 4.13. The minimum Gasteiger partial charge on any atom is -0.481 e. The van der Waals surface area contributed by atoms with Crippen molar-refractivity contribution in [1.29, 1.82) is 0 Å². The molecular formula is C14H18FN3O4. The number of halogens is 1. The summed E-state index contributed by atoms with van der Waals surface area (Å²) < 4.78 is 13.7. The Morgan fingerprint density at radius 2 is 1.95 bits per heavy atom. The molecule has 0 bridgehead atoms. The zero-order chi connectivity index (χ0) is 16.9. The lowest BCUT2D eigenvalue weighted by Crippen LogP contribution is -2.45. The highest BCUT2D eigenvalue weighted by Gasteiger charge is 2.22. The Morgan fingerprint density at radius 3 is 2.45 bits per heavy atom. The first-order chi connectivity index (χ1) is 10.1. The molecule has 0 atom stereocenters. The molecule has 0 aliphatic rings. The minimum absolute atomic E-state index is 0.00903. The quantitative estimate of drug-likeness (QED) is 0.638. The first-order valence-electron chi connectivity index (χ1n) is 6.51. The molecule has 120 valence electrons. The van der Waals surface area contributed by atoms with Crippen LogP contribution in [0.4, 0.5) is 14.9 Å². The number of carbonyl (C=O) groups is 3. The average Bonchev–Trinajstić information content (AvgIpc) is 2.38. The number of carboxylic acid groups (broad SMARTS) is 1. The van der Waals surface area contributed by atoms with Gasteiger partial charge in [-0.1, -0.05) is 0 Å². The molecule has 0 unspecified atom stereocenters. The van der Waals surface area contributed by atoms with Gasteiger partial charge in [-0.15, -0.1) is 0 Å². The largest absolute Gasteiger partial charge is 0.481 e. The van der Waals surface area contributed by atoms with Crippen molar-refractivity contribution in [2.24, 2.45) is 5.73 Å². The van der Waals surface area contributed by atoms with Gasteiger partial charge >= 0.3 is 12.0 Å². The zero-order valence-electron chi connectivity index (χ0n) is 12.3. The van der Waals surface area contributed by atoms with Crippen molar-refractivity contribution in [3.05, 3.63) is 29.6 Å². The third-order valence-corrected chi connectivity index (χ3v) is 2.92. The van der Waals surface area contributed by atoms with Crippen LogP contribution >= 0.6 is 0 Å². The maximum atomic E-state index is 13.7. The van der Waals surface area contributed by atoms with E-state index in [0.29, 0.717) is 0 Å². The number of amides is 3. The molecule has 22 heavy (non-hydrogen) atoms. The van der Waals surface area contributed by atoms with Gasteiger partial charge in [0.1, 0.15) is 5.82 Å². The van der Waals surface area contributed by atoms with Crippen molar-refractivity contribution in [2.45, 2.75) is 32.2 Å². The summed E-state index contributed by atoms with van der Waals surface area (Å²) >= 11 is 0. The van der Waals surface area contributed by atoms with Gasteiger partial charge in [0.25, 0.3) is 0 Å². The number of primary amides is 1. The van der Waals surface area contributed by atoms with Gasteiger partial charge in [0.2, 0.25) is 5.91 Å². The number of anilines is 1. The Kier molecular flexibility index (Phi) is 5.44. The normalized spacial score (nSPS) is 10.9. The van der Waals surface area contributed by atoms with Crippen LogP contribution in [0.25, 0.3) is 0 Å². The van der Waals surface area contributed by atoms with Gasteiger partial charge in [-0.25, -0.2) is 9.18 Å². The van der Waals surface area contributed by atoms with Crippen LogP contribution in [-0.2, 0) is 4.79 Å². The molecule has 1 rings (SSSR count). The maximum Gasteiger partial charge on any atom is 0.319 e. The molecule has 0 heterocycles. The third-order valence-electron chi connectivity index (χ3n) is 2.92. The van der Waals surface area contributed by atoms with Crippen LogP contribution in [0.5, 0.6) is 0 Å². The molecule has 1 aromatic rings. The van der Waals surface area contributed by atoms with E-state index in [1.54, 1.807) is 13.8 Å². The number of benzene rings is 1. The number of hydrogen-bond acceptors (Lipinski definition) is 3. The molecule has 8 heteroatoms. The number of carboxylic acids is 1. The summed E-state index contributed by atoms with van der Waals surface area (Å²) in [4.78, 5) is 33.3. The SMILES string of the molecule is CC(C)(CCC(=O)O)NC(=O)Nc1ccc(C(N)=O)cc1F. The zero-order valence-corrected chi connectivity index (χ0v) is 12.3. The van der Waals surface area contributed by atoms with Gasteiger partial charge in [0.05, 0.1) is 5.69 Å². The molecule has 7 nitrogen and oxygen atoms in total. The number of carbonyl (C=O) groups excluding carboxylic acids is 2. The summed E-state index contributed by atoms with van der Waals surface area (Å²) in [5.74, 6) is -2.54. The monoisotopic (exact) mass is 311 g/mol. The van der Waals surface area contributed by atoms with E-state index in [2.05, 4.69) is 10.6 Å². The summed E-state index contributed by atoms with van der Waals surface area (Å²) in [6.07, 6.45) is 0.119. The van der Waals surface area contributed by atoms with Crippen molar-refractivity contribution in [3.8, 4) is 0 Å². The van der Waals surface area contributed by atoms with Crippen LogP contribution < -0.4 is 16.4 Å². The van der Waals surface area contributed by atoms with Crippen LogP contribution in [0, 0.1) is 5.82 Å². The third kappa shape index (κ3) is 5.39. The molecule has 0 spiro atoms. The Balaban J connectivity index is 2.69. The highest BCUT2D eigenvalue weighted by atomic mass is 19.1. The smallest absolute Gasteiger partial charge is 0.319 e. The predicted molar refractivity (Wildman–Crippen MR) is 78.0 cm³/mol. The standard InChI is InChI=1S/C14H18FN3O4/c1-14(2,6-5-11(19)20)18-13(22)17-10-4-3-8(12(16)21)7-9(10)15/h3-4,7H,5-6H2,1-2H3,(H2,16,21)(H,19,20)(H2,17,18,22). The Labute approximate surface area is 126 Å². The molecule has 0 aliphatic carbocycles. The number of rotatable bonds is 6. The molecule has 0 saturated carbocycles. The molecule has 0 aromatic heterocycles. The Bertz CT molecular complexity index is 602. The van der Waals surface area contributed by atoms with Gasteiger partial charge in [-0.05, 0) is 38.5 Å². The van der Waals surface area contributed by atoms with Crippen molar-refractivity contribution >= 4 is 23.6 Å². The maximum absolute atomic E-state index is 13.7. The molecule has 5 N–H and O–H groups in total. The molecule has 0 saturated heterocycles. The molecule has 1 aromatic carbocycles. The molecule has 0 fully saturated rings. The van der Waals surface area contributed by atoms with E-state index in [4.69, 9.17) is 10.8 Å². The van der Waals surface area contributed by atoms with Crippen molar-refractivity contribution in [2.75, 3.05) is 5.32 Å². The number of urea groups is 1. The number of nitrogens with two attached hydrogens (primary N) is 1. The summed E-state index contributed by atoms with van der Waals surface area (Å²) in [7, 11) is 0. The van der Waals surface area contributed by atoms with E-state index in [1.807, 2.05) is 0 Å². The van der Waals surface area contributed by atoms with E-state index in [1.165, 1.54) is 12.1 Å². The molecule has 0 radical (unpaired) electrons. The Hall–Kier alpha value is -2.64. The summed E-state index contributed by atoms with van der Waals surface area (Å²) in [6, 6.07) is 2.75. The van der Waals surface area contributed by atoms with Gasteiger partial charge < -0.3 is 21.5 Å². The van der Waals surface area contributed by atoms with Crippen LogP contribution in [0.2, 0.25) is 0 Å². The van der Waals surface area contributed by atoms with Gasteiger partial charge in [0, 0.05) is 17.5 Å². The van der Waals surface area contributed by atoms with E-state index >= 15 is 0 Å². The van der Waals surface area contributed by atoms with Crippen LogP contribution in [-0.4, -0.2) is 28.6 Å². The summed E-state index contributed by atoms with van der Waals surface area (Å²) in [5, 5.41) is 13.5. The van der Waals surface area contributed by atoms with E-state index in [0.717, 1.165) is 6.07 Å². The predicted octanol–water partition coefficient (Wildman–Crippen LogP) is 1.69. The van der Waals surface area contributed by atoms with Crippen LogP contribution in [0.1, 0.15) is 37.0 Å². The van der Waals surface area contributed by atoms with Crippen LogP contribution in [0.15, 0.2) is 18.2 Å². The van der Waals surface area contributed by atoms with Crippen molar-refractivity contribution in [1.82, 2.24) is 5.32 Å². The first kappa shape index (κ1) is 17.4. The summed E-state index contributed by atoms with van der Waals surface area (Å²) in [6.45, 7) is 3.31. The fraction of sp³-hybridized carbons (Fsp3) is 0.357. The first-order valence-corrected chi connectivity index (χ1v) is 6.51. The average molecular weight is 311 g/mol. The fourth-order valence-electron chi connectivity index (χ4n) is 1.71. The van der Waals surface area contributed by atoms with Gasteiger partial charge in [0.15, 0.2) is 0 Å². The van der Waals surface area contributed by atoms with Gasteiger partial charge in [-0.2, -0.15) is 0 Å². The van der Waals surface area contributed by atoms with Crippen molar-refractivity contribution < 1.29 is 23.9 Å². The van der Waals surface area contributed by atoms with Crippen molar-refractivity contribution in [3.63, 3.8) is 0 Å². The lowest BCUT2D eigenvalue weighted by molar-refractivity contribution is -0.137. The van der Waals surface area contributed by atoms with Gasteiger partial charge in [-0.3, -0.25) is 9.59 Å². The van der Waals surface area contributed by atoms with Crippen LogP contribution in [0.3, 0.4) is 0 Å². The second-order valence-corrected chi connectivity index (χ2v) is 5.42. The second-order valence-electron chi connectivity index (χ2n) is 5.42. The highest BCUT2D eigenvalue weighted by Crippen LogP contribution is 2.17. The van der Waals surface area contributed by atoms with E-state index in [9.17, 15) is 18.8 Å². The lowest BCUT2D eigenvalue weighted by atomic mass is 9.99. The topological polar surface area (TPSA) is 122 Å². The highest BCUT2D eigenvalue weighted by molar-refractivity contribution is 5.94. The number of hydrogen-bond donors (Lipinski definition) is 4.